The smallest absolute Gasteiger partial charge is 0.244 e. The number of aryl methyl sites for hydroxylation is 1. The molecule has 0 aromatic heterocycles. The summed E-state index contributed by atoms with van der Waals surface area (Å²) in [6.07, 6.45) is 5.42. The molecule has 7 heteroatoms. The summed E-state index contributed by atoms with van der Waals surface area (Å²) in [5, 5.41) is 13.0. The summed E-state index contributed by atoms with van der Waals surface area (Å²) in [7, 11) is -2.37. The van der Waals surface area contributed by atoms with Gasteiger partial charge in [0.05, 0.1) is 4.90 Å². The molecule has 2 aliphatic rings. The molecule has 4 atom stereocenters. The number of nitrogens with zero attached hydrogens (tertiary/aromatic N) is 1. The highest BCUT2D eigenvalue weighted by Gasteiger charge is 2.45. The van der Waals surface area contributed by atoms with Gasteiger partial charge >= 0.3 is 0 Å². The summed E-state index contributed by atoms with van der Waals surface area (Å²) in [5.74, 6) is 0.718. The number of aliphatic hydroxyl groups is 1. The van der Waals surface area contributed by atoms with Gasteiger partial charge in [0.2, 0.25) is 15.9 Å². The van der Waals surface area contributed by atoms with Crippen molar-refractivity contribution in [3.8, 4) is 0 Å². The SMILES string of the molecule is Cc1ccccc1S(=O)(=O)N(C)C(C)(C)C(=O)NC1C(CO)C[C@H]2CCCC1C2. The first-order valence-corrected chi connectivity index (χ1v) is 12.0. The molecule has 2 fully saturated rings. The fourth-order valence-corrected chi connectivity index (χ4v) is 6.73. The minimum Gasteiger partial charge on any atom is -0.396 e. The lowest BCUT2D eigenvalue weighted by atomic mass is 9.65. The highest BCUT2D eigenvalue weighted by atomic mass is 32.2. The third-order valence-electron chi connectivity index (χ3n) is 7.08. The first-order chi connectivity index (χ1) is 13.6. The fraction of sp³-hybridized carbons (Fsp3) is 0.682. The van der Waals surface area contributed by atoms with Crippen molar-refractivity contribution >= 4 is 15.9 Å². The summed E-state index contributed by atoms with van der Waals surface area (Å²) in [5.41, 5.74) is -0.608. The Labute approximate surface area is 174 Å². The topological polar surface area (TPSA) is 86.7 Å². The molecular formula is C22H34N2O4S. The van der Waals surface area contributed by atoms with E-state index >= 15 is 0 Å². The summed E-state index contributed by atoms with van der Waals surface area (Å²) >= 11 is 0. The number of fused-ring (bicyclic) bond motifs is 2. The summed E-state index contributed by atoms with van der Waals surface area (Å²) in [6.45, 7) is 5.08. The van der Waals surface area contributed by atoms with Gasteiger partial charge in [-0.05, 0) is 63.5 Å². The zero-order chi connectivity index (χ0) is 21.4. The number of amides is 1. The number of likely N-dealkylation sites (N-methyl/N-ethyl adjacent to an activating group) is 1. The second kappa shape index (κ2) is 8.36. The monoisotopic (exact) mass is 422 g/mol. The van der Waals surface area contributed by atoms with Gasteiger partial charge in [0.25, 0.3) is 0 Å². The molecule has 0 spiro atoms. The van der Waals surface area contributed by atoms with E-state index in [9.17, 15) is 18.3 Å². The molecule has 0 radical (unpaired) electrons. The fourth-order valence-electron chi connectivity index (χ4n) is 5.02. The van der Waals surface area contributed by atoms with Gasteiger partial charge in [0.15, 0.2) is 0 Å². The Bertz CT molecular complexity index is 850. The van der Waals surface area contributed by atoms with Crippen molar-refractivity contribution in [2.24, 2.45) is 17.8 Å². The maximum atomic E-state index is 13.3. The number of sulfonamides is 1. The van der Waals surface area contributed by atoms with Gasteiger partial charge < -0.3 is 10.4 Å². The van der Waals surface area contributed by atoms with Gasteiger partial charge in [-0.2, -0.15) is 4.31 Å². The molecule has 2 aliphatic carbocycles. The Balaban J connectivity index is 1.81. The van der Waals surface area contributed by atoms with E-state index in [1.54, 1.807) is 45.0 Å². The summed E-state index contributed by atoms with van der Waals surface area (Å²) < 4.78 is 27.6. The number of hydrogen-bond donors (Lipinski definition) is 2. The van der Waals surface area contributed by atoms with E-state index in [1.807, 2.05) is 0 Å². The molecule has 1 aromatic carbocycles. The van der Waals surface area contributed by atoms with Crippen molar-refractivity contribution in [1.29, 1.82) is 0 Å². The molecule has 0 saturated heterocycles. The molecule has 0 aliphatic heterocycles. The molecule has 2 saturated carbocycles. The lowest BCUT2D eigenvalue weighted by Crippen LogP contribution is -2.60. The van der Waals surface area contributed by atoms with Gasteiger partial charge in [-0.1, -0.05) is 31.0 Å². The van der Waals surface area contributed by atoms with Gasteiger partial charge in [0.1, 0.15) is 5.54 Å². The summed E-state index contributed by atoms with van der Waals surface area (Å²) in [4.78, 5) is 13.5. The van der Waals surface area contributed by atoms with E-state index in [0.29, 0.717) is 17.4 Å². The van der Waals surface area contributed by atoms with Gasteiger partial charge in [-0.15, -0.1) is 0 Å². The molecule has 29 heavy (non-hydrogen) atoms. The lowest BCUT2D eigenvalue weighted by molar-refractivity contribution is -0.131. The van der Waals surface area contributed by atoms with Crippen molar-refractivity contribution in [2.75, 3.05) is 13.7 Å². The molecule has 0 heterocycles. The Hall–Kier alpha value is -1.44. The van der Waals surface area contributed by atoms with E-state index < -0.39 is 15.6 Å². The van der Waals surface area contributed by atoms with Crippen LogP contribution in [0.5, 0.6) is 0 Å². The molecule has 3 unspecified atom stereocenters. The van der Waals surface area contributed by atoms with E-state index in [1.165, 1.54) is 13.5 Å². The first kappa shape index (κ1) is 22.2. The number of carbonyl (C=O) groups excluding carboxylic acids is 1. The number of nitrogens with one attached hydrogen (secondary N) is 1. The third kappa shape index (κ3) is 4.23. The first-order valence-electron chi connectivity index (χ1n) is 10.6. The van der Waals surface area contributed by atoms with Crippen LogP contribution < -0.4 is 5.32 Å². The lowest BCUT2D eigenvalue weighted by Gasteiger charge is -2.46. The Morgan fingerprint density at radius 3 is 2.59 bits per heavy atom. The van der Waals surface area contributed by atoms with E-state index in [0.717, 1.165) is 30.0 Å². The predicted molar refractivity (Wildman–Crippen MR) is 113 cm³/mol. The third-order valence-corrected chi connectivity index (χ3v) is 9.27. The van der Waals surface area contributed by atoms with Gasteiger partial charge in [0, 0.05) is 25.6 Å². The van der Waals surface area contributed by atoms with Crippen LogP contribution in [0.3, 0.4) is 0 Å². The Morgan fingerprint density at radius 1 is 1.24 bits per heavy atom. The van der Waals surface area contributed by atoms with Crippen LogP contribution in [0.15, 0.2) is 29.2 Å². The normalized spacial score (nSPS) is 27.7. The zero-order valence-electron chi connectivity index (χ0n) is 17.9. The van der Waals surface area contributed by atoms with Crippen LogP contribution in [-0.4, -0.2) is 49.0 Å². The van der Waals surface area contributed by atoms with Crippen LogP contribution in [0.25, 0.3) is 0 Å². The minimum absolute atomic E-state index is 0.0390. The molecule has 3 rings (SSSR count). The van der Waals surface area contributed by atoms with E-state index in [2.05, 4.69) is 5.32 Å². The van der Waals surface area contributed by atoms with Crippen molar-refractivity contribution in [3.05, 3.63) is 29.8 Å². The minimum atomic E-state index is -3.83. The quantitative estimate of drug-likeness (QED) is 0.738. The molecular weight excluding hydrogens is 388 g/mol. The van der Waals surface area contributed by atoms with Crippen molar-refractivity contribution in [3.63, 3.8) is 0 Å². The van der Waals surface area contributed by atoms with Crippen LogP contribution >= 0.6 is 0 Å². The molecule has 2 N–H and O–H groups in total. The van der Waals surface area contributed by atoms with Crippen LogP contribution in [0, 0.1) is 24.7 Å². The van der Waals surface area contributed by atoms with Crippen LogP contribution in [-0.2, 0) is 14.8 Å². The second-order valence-corrected chi connectivity index (χ2v) is 11.2. The Kier molecular flexibility index (Phi) is 6.41. The number of rotatable bonds is 6. The van der Waals surface area contributed by atoms with Gasteiger partial charge in [-0.25, -0.2) is 8.42 Å². The highest BCUT2D eigenvalue weighted by Crippen LogP contribution is 2.42. The average molecular weight is 423 g/mol. The van der Waals surface area contributed by atoms with Crippen LogP contribution in [0.2, 0.25) is 0 Å². The molecule has 1 aromatic rings. The highest BCUT2D eigenvalue weighted by molar-refractivity contribution is 7.89. The number of benzene rings is 1. The number of aliphatic hydroxyl groups excluding tert-OH is 1. The van der Waals surface area contributed by atoms with Crippen molar-refractivity contribution < 1.29 is 18.3 Å². The average Bonchev–Trinajstić information content (AvgIpc) is 2.69. The maximum Gasteiger partial charge on any atom is 0.244 e. The number of carbonyl (C=O) groups is 1. The van der Waals surface area contributed by atoms with Gasteiger partial charge in [-0.3, -0.25) is 4.79 Å². The molecule has 6 nitrogen and oxygen atoms in total. The van der Waals surface area contributed by atoms with E-state index in [4.69, 9.17) is 0 Å². The summed E-state index contributed by atoms with van der Waals surface area (Å²) in [6, 6.07) is 6.70. The molecule has 2 bridgehead atoms. The Morgan fingerprint density at radius 2 is 1.93 bits per heavy atom. The van der Waals surface area contributed by atoms with E-state index in [-0.39, 0.29) is 29.4 Å². The largest absolute Gasteiger partial charge is 0.396 e. The number of hydrogen-bond acceptors (Lipinski definition) is 4. The maximum absolute atomic E-state index is 13.3. The molecule has 162 valence electrons. The van der Waals surface area contributed by atoms with Crippen molar-refractivity contribution in [2.45, 2.75) is 69.4 Å². The molecule has 1 amide bonds. The predicted octanol–water partition coefficient (Wildman–Crippen LogP) is 2.70. The zero-order valence-corrected chi connectivity index (χ0v) is 18.7. The standard InChI is InChI=1S/C22H34N2O4S/c1-15-8-5-6-11-19(15)29(27,28)24(4)22(2,3)21(26)23-20-17-10-7-9-16(12-17)13-18(20)14-25/h5-6,8,11,16-18,20,25H,7,9-10,12-14H2,1-4H3,(H,23,26)/t16-,17?,18?,20?/m0/s1. The van der Waals surface area contributed by atoms with Crippen molar-refractivity contribution in [1.82, 2.24) is 9.62 Å². The van der Waals surface area contributed by atoms with Crippen LogP contribution in [0.1, 0.15) is 51.5 Å². The second-order valence-electron chi connectivity index (χ2n) is 9.27. The van der Waals surface area contributed by atoms with Crippen LogP contribution in [0.4, 0.5) is 0 Å².